The van der Waals surface area contributed by atoms with Crippen LogP contribution in [0.25, 0.3) is 11.3 Å². The molecular formula is C13H12ClNO3. The summed E-state index contributed by atoms with van der Waals surface area (Å²) in [7, 11) is 1.60. The Hall–Kier alpha value is -1.81. The zero-order valence-electron chi connectivity index (χ0n) is 10.3. The molecule has 94 valence electrons. The van der Waals surface area contributed by atoms with Crippen molar-refractivity contribution in [3.63, 3.8) is 0 Å². The van der Waals surface area contributed by atoms with Crippen LogP contribution in [0.15, 0.2) is 22.7 Å². The van der Waals surface area contributed by atoms with E-state index in [9.17, 15) is 4.79 Å². The summed E-state index contributed by atoms with van der Waals surface area (Å²) in [5.74, 6) is 1.16. The van der Waals surface area contributed by atoms with Gasteiger partial charge in [0.25, 0.3) is 5.24 Å². The van der Waals surface area contributed by atoms with Crippen LogP contribution in [-0.2, 0) is 0 Å². The minimum Gasteiger partial charge on any atom is -0.497 e. The zero-order chi connectivity index (χ0) is 13.3. The average Bonchev–Trinajstić information content (AvgIpc) is 2.70. The highest BCUT2D eigenvalue weighted by Crippen LogP contribution is 2.30. The van der Waals surface area contributed by atoms with Crippen LogP contribution >= 0.6 is 11.6 Å². The van der Waals surface area contributed by atoms with Crippen LogP contribution in [0.2, 0.25) is 0 Å². The van der Waals surface area contributed by atoms with Gasteiger partial charge in [-0.15, -0.1) is 0 Å². The number of aromatic nitrogens is 1. The average molecular weight is 266 g/mol. The molecule has 0 aliphatic carbocycles. The molecule has 0 spiro atoms. The van der Waals surface area contributed by atoms with Gasteiger partial charge in [0.1, 0.15) is 22.8 Å². The van der Waals surface area contributed by atoms with Gasteiger partial charge in [0, 0.05) is 5.56 Å². The van der Waals surface area contributed by atoms with Crippen LogP contribution in [0.3, 0.4) is 0 Å². The summed E-state index contributed by atoms with van der Waals surface area (Å²) in [6.07, 6.45) is 0. The lowest BCUT2D eigenvalue weighted by atomic mass is 10.0. The largest absolute Gasteiger partial charge is 0.497 e. The fourth-order valence-corrected chi connectivity index (χ4v) is 2.04. The lowest BCUT2D eigenvalue weighted by Crippen LogP contribution is -1.95. The molecule has 0 saturated heterocycles. The van der Waals surface area contributed by atoms with Crippen LogP contribution < -0.4 is 4.74 Å². The Morgan fingerprint density at radius 2 is 2.11 bits per heavy atom. The summed E-state index contributed by atoms with van der Waals surface area (Å²) < 4.78 is 10.2. The number of nitrogens with zero attached hydrogens (tertiary/aromatic N) is 1. The quantitative estimate of drug-likeness (QED) is 0.799. The van der Waals surface area contributed by atoms with Crippen molar-refractivity contribution in [3.8, 4) is 17.0 Å². The first-order valence-corrected chi connectivity index (χ1v) is 5.73. The second-order valence-electron chi connectivity index (χ2n) is 3.92. The Morgan fingerprint density at radius 3 is 2.67 bits per heavy atom. The fraction of sp³-hybridized carbons (Fsp3) is 0.231. The highest BCUT2D eigenvalue weighted by atomic mass is 35.5. The first kappa shape index (κ1) is 12.6. The van der Waals surface area contributed by atoms with Crippen molar-refractivity contribution in [1.82, 2.24) is 5.16 Å². The molecule has 18 heavy (non-hydrogen) atoms. The molecule has 1 aromatic heterocycles. The van der Waals surface area contributed by atoms with Gasteiger partial charge < -0.3 is 9.26 Å². The zero-order valence-corrected chi connectivity index (χ0v) is 11.0. The van der Waals surface area contributed by atoms with E-state index in [1.165, 1.54) is 0 Å². The molecule has 2 rings (SSSR count). The van der Waals surface area contributed by atoms with Crippen molar-refractivity contribution in [3.05, 3.63) is 35.1 Å². The number of benzene rings is 1. The Bertz CT molecular complexity index is 604. The number of rotatable bonds is 3. The van der Waals surface area contributed by atoms with Gasteiger partial charge in [-0.3, -0.25) is 4.79 Å². The lowest BCUT2D eigenvalue weighted by molar-refractivity contribution is 0.108. The molecule has 4 nitrogen and oxygen atoms in total. The lowest BCUT2D eigenvalue weighted by Gasteiger charge is -2.06. The van der Waals surface area contributed by atoms with Gasteiger partial charge in [0.05, 0.1) is 7.11 Å². The second-order valence-corrected chi connectivity index (χ2v) is 4.26. The van der Waals surface area contributed by atoms with E-state index in [0.717, 1.165) is 16.9 Å². The Balaban J connectivity index is 2.59. The maximum Gasteiger partial charge on any atom is 0.258 e. The van der Waals surface area contributed by atoms with E-state index < -0.39 is 5.24 Å². The van der Waals surface area contributed by atoms with E-state index >= 15 is 0 Å². The Labute approximate surface area is 109 Å². The minimum atomic E-state index is -0.570. The van der Waals surface area contributed by atoms with Gasteiger partial charge in [-0.1, -0.05) is 5.16 Å². The first-order chi connectivity index (χ1) is 8.54. The van der Waals surface area contributed by atoms with Crippen molar-refractivity contribution >= 4 is 16.8 Å². The van der Waals surface area contributed by atoms with Crippen molar-refractivity contribution in [2.45, 2.75) is 13.8 Å². The van der Waals surface area contributed by atoms with Crippen molar-refractivity contribution in [1.29, 1.82) is 0 Å². The summed E-state index contributed by atoms with van der Waals surface area (Å²) in [5.41, 5.74) is 2.51. The van der Waals surface area contributed by atoms with Crippen molar-refractivity contribution in [2.24, 2.45) is 0 Å². The molecule has 0 amide bonds. The maximum atomic E-state index is 11.4. The van der Waals surface area contributed by atoms with Gasteiger partial charge >= 0.3 is 0 Å². The summed E-state index contributed by atoms with van der Waals surface area (Å²) >= 11 is 5.55. The van der Waals surface area contributed by atoms with Gasteiger partial charge in [0.15, 0.2) is 0 Å². The maximum absolute atomic E-state index is 11.4. The number of methoxy groups -OCH3 is 1. The summed E-state index contributed by atoms with van der Waals surface area (Å²) in [5, 5.41) is 3.33. The summed E-state index contributed by atoms with van der Waals surface area (Å²) in [6, 6.07) is 5.49. The SMILES string of the molecule is COc1ccc(-c2noc(C)c2C(=O)Cl)c(C)c1. The van der Waals surface area contributed by atoms with E-state index in [1.807, 2.05) is 19.1 Å². The van der Waals surface area contributed by atoms with Crippen molar-refractivity contribution < 1.29 is 14.1 Å². The summed E-state index contributed by atoms with van der Waals surface area (Å²) in [6.45, 7) is 3.56. The van der Waals surface area contributed by atoms with Crippen LogP contribution in [0.4, 0.5) is 0 Å². The highest BCUT2D eigenvalue weighted by molar-refractivity contribution is 6.68. The molecule has 0 N–H and O–H groups in total. The molecule has 0 aliphatic heterocycles. The topological polar surface area (TPSA) is 52.3 Å². The minimum absolute atomic E-state index is 0.310. The standard InChI is InChI=1S/C13H12ClNO3/c1-7-6-9(17-3)4-5-10(7)12-11(13(14)16)8(2)18-15-12/h4-6H,1-3H3. The molecule has 5 heteroatoms. The number of ether oxygens (including phenoxy) is 1. The first-order valence-electron chi connectivity index (χ1n) is 5.35. The predicted octanol–water partition coefficient (Wildman–Crippen LogP) is 3.35. The van der Waals surface area contributed by atoms with Crippen LogP contribution in [0.5, 0.6) is 5.75 Å². The number of carbonyl (C=O) groups is 1. The van der Waals surface area contributed by atoms with Crippen LogP contribution in [-0.4, -0.2) is 17.5 Å². The van der Waals surface area contributed by atoms with Gasteiger partial charge in [-0.05, 0) is 49.2 Å². The fourth-order valence-electron chi connectivity index (χ4n) is 1.82. The number of carbonyl (C=O) groups excluding carboxylic acids is 1. The molecule has 0 unspecified atom stereocenters. The molecule has 0 radical (unpaired) electrons. The van der Waals surface area contributed by atoms with E-state index in [1.54, 1.807) is 20.1 Å². The van der Waals surface area contributed by atoms with E-state index in [-0.39, 0.29) is 0 Å². The predicted molar refractivity (Wildman–Crippen MR) is 68.1 cm³/mol. The third-order valence-corrected chi connectivity index (χ3v) is 2.94. The monoisotopic (exact) mass is 265 g/mol. The third-order valence-electron chi connectivity index (χ3n) is 2.75. The van der Waals surface area contributed by atoms with Crippen LogP contribution in [0.1, 0.15) is 21.7 Å². The molecule has 2 aromatic rings. The molecule has 0 atom stereocenters. The molecular weight excluding hydrogens is 254 g/mol. The van der Waals surface area contributed by atoms with Gasteiger partial charge in [-0.2, -0.15) is 0 Å². The molecule has 0 aliphatic rings. The second kappa shape index (κ2) is 4.82. The van der Waals surface area contributed by atoms with E-state index in [4.69, 9.17) is 20.9 Å². The number of hydrogen-bond acceptors (Lipinski definition) is 4. The molecule has 1 aromatic carbocycles. The van der Waals surface area contributed by atoms with Gasteiger partial charge in [0.2, 0.25) is 0 Å². The van der Waals surface area contributed by atoms with E-state index in [2.05, 4.69) is 5.16 Å². The molecule has 0 bridgehead atoms. The molecule has 1 heterocycles. The van der Waals surface area contributed by atoms with Crippen LogP contribution in [0, 0.1) is 13.8 Å². The number of halogens is 1. The Morgan fingerprint density at radius 1 is 1.39 bits per heavy atom. The van der Waals surface area contributed by atoms with Gasteiger partial charge in [-0.25, -0.2) is 0 Å². The van der Waals surface area contributed by atoms with Crippen molar-refractivity contribution in [2.75, 3.05) is 7.11 Å². The van der Waals surface area contributed by atoms with E-state index in [0.29, 0.717) is 17.0 Å². The molecule has 0 saturated carbocycles. The third kappa shape index (κ3) is 2.11. The Kier molecular flexibility index (Phi) is 3.39. The number of aryl methyl sites for hydroxylation is 2. The normalized spacial score (nSPS) is 10.4. The smallest absolute Gasteiger partial charge is 0.258 e. The molecule has 0 fully saturated rings. The highest BCUT2D eigenvalue weighted by Gasteiger charge is 2.21. The number of hydrogen-bond donors (Lipinski definition) is 0. The summed E-state index contributed by atoms with van der Waals surface area (Å²) in [4.78, 5) is 11.4.